The number of carbonyl (C=O) groups is 3. The number of fused-ring (bicyclic) bond motifs is 1. The van der Waals surface area contributed by atoms with Crippen LogP contribution in [0.2, 0.25) is 0 Å². The van der Waals surface area contributed by atoms with Crippen LogP contribution in [-0.4, -0.2) is 48.1 Å². The van der Waals surface area contributed by atoms with Crippen LogP contribution in [0, 0.1) is 23.2 Å². The van der Waals surface area contributed by atoms with E-state index >= 15 is 0 Å². The standard InChI is InChI=1S/C24H28FN3O4/c1-23(2)8-6-15(10-19(23)25)7-9-24(21(30)26-22(31)27-24)14-28-13-16-4-5-18(32-3)11-17(16)12-20(28)29/h4-5,11,15,19H,6,8,10,12-14H2,1-3H3,(H2,26,27,30,31)/t15?,19?,24-/m1/s1. The largest absolute Gasteiger partial charge is 0.497 e. The molecule has 2 aliphatic heterocycles. The van der Waals surface area contributed by atoms with Gasteiger partial charge in [-0.2, -0.15) is 0 Å². The summed E-state index contributed by atoms with van der Waals surface area (Å²) in [5, 5.41) is 4.85. The van der Waals surface area contributed by atoms with E-state index in [1.165, 1.54) is 4.90 Å². The smallest absolute Gasteiger partial charge is 0.323 e. The summed E-state index contributed by atoms with van der Waals surface area (Å²) in [6.07, 6.45) is 0.917. The summed E-state index contributed by atoms with van der Waals surface area (Å²) < 4.78 is 19.7. The number of nitrogens with zero attached hydrogens (tertiary/aromatic N) is 1. The number of ether oxygens (including phenoxy) is 1. The van der Waals surface area contributed by atoms with Gasteiger partial charge in [-0.15, -0.1) is 0 Å². The number of nitrogens with one attached hydrogen (secondary N) is 2. The second-order valence-corrected chi connectivity index (χ2v) is 9.57. The Bertz CT molecular complexity index is 1030. The van der Waals surface area contributed by atoms with Gasteiger partial charge in [0.15, 0.2) is 5.54 Å². The van der Waals surface area contributed by atoms with Crippen molar-refractivity contribution in [3.63, 3.8) is 0 Å². The summed E-state index contributed by atoms with van der Waals surface area (Å²) in [5.41, 5.74) is -0.0990. The molecular formula is C24H28FN3O4. The summed E-state index contributed by atoms with van der Waals surface area (Å²) in [6, 6.07) is 4.91. The summed E-state index contributed by atoms with van der Waals surface area (Å²) >= 11 is 0. The Morgan fingerprint density at radius 1 is 1.25 bits per heavy atom. The molecule has 0 spiro atoms. The SMILES string of the molecule is COc1ccc2c(c1)CC(=O)N(C[C@@]1(C#CC3CCC(C)(C)C(F)C3)NC(=O)NC1=O)C2. The molecule has 2 fully saturated rings. The normalized spacial score (nSPS) is 28.9. The second-order valence-electron chi connectivity index (χ2n) is 9.57. The molecule has 1 aromatic rings. The number of rotatable bonds is 3. The molecule has 4 amide bonds. The van der Waals surface area contributed by atoms with Crippen LogP contribution in [0.4, 0.5) is 9.18 Å². The highest BCUT2D eigenvalue weighted by molar-refractivity contribution is 6.09. The average molecular weight is 442 g/mol. The van der Waals surface area contributed by atoms with Crippen LogP contribution in [0.3, 0.4) is 0 Å². The number of halogens is 1. The van der Waals surface area contributed by atoms with Crippen molar-refractivity contribution >= 4 is 17.8 Å². The number of alkyl halides is 1. The molecule has 4 rings (SSSR count). The van der Waals surface area contributed by atoms with Crippen LogP contribution < -0.4 is 15.4 Å². The summed E-state index contributed by atoms with van der Waals surface area (Å²) in [5.74, 6) is 5.70. The van der Waals surface area contributed by atoms with Gasteiger partial charge in [0.25, 0.3) is 5.91 Å². The molecule has 3 atom stereocenters. The molecule has 2 heterocycles. The van der Waals surface area contributed by atoms with Gasteiger partial charge in [-0.25, -0.2) is 9.18 Å². The second kappa shape index (κ2) is 8.12. The predicted octanol–water partition coefficient (Wildman–Crippen LogP) is 2.33. The van der Waals surface area contributed by atoms with E-state index in [1.54, 1.807) is 7.11 Å². The maximum Gasteiger partial charge on any atom is 0.323 e. The number of carbonyl (C=O) groups excluding carboxylic acids is 3. The third-order valence-corrected chi connectivity index (χ3v) is 6.80. The Morgan fingerprint density at radius 3 is 2.69 bits per heavy atom. The van der Waals surface area contributed by atoms with E-state index in [1.807, 2.05) is 32.0 Å². The van der Waals surface area contributed by atoms with Crippen molar-refractivity contribution in [3.05, 3.63) is 29.3 Å². The van der Waals surface area contributed by atoms with Gasteiger partial charge in [-0.3, -0.25) is 14.9 Å². The summed E-state index contributed by atoms with van der Waals surface area (Å²) in [7, 11) is 1.57. The zero-order valence-electron chi connectivity index (χ0n) is 18.6. The van der Waals surface area contributed by atoms with Crippen molar-refractivity contribution in [1.82, 2.24) is 15.5 Å². The van der Waals surface area contributed by atoms with Crippen molar-refractivity contribution in [2.75, 3.05) is 13.7 Å². The zero-order valence-corrected chi connectivity index (χ0v) is 18.6. The molecule has 1 aromatic carbocycles. The molecule has 2 unspecified atom stereocenters. The van der Waals surface area contributed by atoms with Crippen LogP contribution in [0.15, 0.2) is 18.2 Å². The minimum Gasteiger partial charge on any atom is -0.497 e. The molecule has 32 heavy (non-hydrogen) atoms. The van der Waals surface area contributed by atoms with Crippen LogP contribution in [-0.2, 0) is 22.6 Å². The van der Waals surface area contributed by atoms with E-state index < -0.39 is 23.6 Å². The first-order chi connectivity index (χ1) is 15.1. The maximum absolute atomic E-state index is 14.5. The third kappa shape index (κ3) is 4.16. The van der Waals surface area contributed by atoms with Crippen molar-refractivity contribution in [1.29, 1.82) is 0 Å². The highest BCUT2D eigenvalue weighted by Crippen LogP contribution is 2.40. The molecule has 1 saturated carbocycles. The van der Waals surface area contributed by atoms with Gasteiger partial charge in [0.05, 0.1) is 20.1 Å². The molecule has 170 valence electrons. The van der Waals surface area contributed by atoms with E-state index in [4.69, 9.17) is 4.74 Å². The van der Waals surface area contributed by atoms with Crippen molar-refractivity contribution in [3.8, 4) is 17.6 Å². The first-order valence-electron chi connectivity index (χ1n) is 10.9. The summed E-state index contributed by atoms with van der Waals surface area (Å²) in [4.78, 5) is 39.1. The molecule has 7 nitrogen and oxygen atoms in total. The molecule has 1 saturated heterocycles. The van der Waals surface area contributed by atoms with E-state index in [2.05, 4.69) is 22.5 Å². The number of hydrogen-bond donors (Lipinski definition) is 2. The first-order valence-corrected chi connectivity index (χ1v) is 10.9. The first kappa shape index (κ1) is 22.1. The Hall–Kier alpha value is -3.08. The van der Waals surface area contributed by atoms with Crippen LogP contribution >= 0.6 is 0 Å². The fourth-order valence-corrected chi connectivity index (χ4v) is 4.52. The number of hydrogen-bond acceptors (Lipinski definition) is 4. The van der Waals surface area contributed by atoms with Gasteiger partial charge in [-0.05, 0) is 47.9 Å². The number of imide groups is 1. The molecule has 1 aliphatic carbocycles. The molecular weight excluding hydrogens is 413 g/mol. The van der Waals surface area contributed by atoms with Gasteiger partial charge < -0.3 is 15.0 Å². The van der Waals surface area contributed by atoms with E-state index in [0.29, 0.717) is 25.1 Å². The highest BCUT2D eigenvalue weighted by Gasteiger charge is 2.48. The quantitative estimate of drug-likeness (QED) is 0.557. The fourth-order valence-electron chi connectivity index (χ4n) is 4.52. The third-order valence-electron chi connectivity index (χ3n) is 6.80. The Morgan fingerprint density at radius 2 is 2.03 bits per heavy atom. The van der Waals surface area contributed by atoms with Gasteiger partial charge in [0.2, 0.25) is 5.91 Å². The lowest BCUT2D eigenvalue weighted by Crippen LogP contribution is -2.56. The topological polar surface area (TPSA) is 87.7 Å². The predicted molar refractivity (Wildman–Crippen MR) is 115 cm³/mol. The Kier molecular flexibility index (Phi) is 5.61. The molecule has 8 heteroatoms. The summed E-state index contributed by atoms with van der Waals surface area (Å²) in [6.45, 7) is 4.04. The lowest BCUT2D eigenvalue weighted by molar-refractivity contribution is -0.133. The van der Waals surface area contributed by atoms with Gasteiger partial charge in [-0.1, -0.05) is 31.8 Å². The van der Waals surface area contributed by atoms with E-state index in [0.717, 1.165) is 17.5 Å². The fraction of sp³-hybridized carbons (Fsp3) is 0.542. The minimum absolute atomic E-state index is 0.0703. The van der Waals surface area contributed by atoms with Gasteiger partial charge in [0.1, 0.15) is 11.9 Å². The van der Waals surface area contributed by atoms with Crippen LogP contribution in [0.1, 0.15) is 44.2 Å². The Labute approximate surface area is 187 Å². The van der Waals surface area contributed by atoms with Gasteiger partial charge >= 0.3 is 6.03 Å². The number of methoxy groups -OCH3 is 1. The lowest BCUT2D eigenvalue weighted by atomic mass is 9.72. The van der Waals surface area contributed by atoms with Crippen molar-refractivity contribution in [2.24, 2.45) is 11.3 Å². The number of amides is 4. The molecule has 2 N–H and O–H groups in total. The van der Waals surface area contributed by atoms with Crippen molar-refractivity contribution in [2.45, 2.75) is 57.8 Å². The van der Waals surface area contributed by atoms with E-state index in [-0.39, 0.29) is 30.2 Å². The Balaban J connectivity index is 1.56. The van der Waals surface area contributed by atoms with E-state index in [9.17, 15) is 18.8 Å². The molecule has 3 aliphatic rings. The molecule has 0 aromatic heterocycles. The maximum atomic E-state index is 14.5. The lowest BCUT2D eigenvalue weighted by Gasteiger charge is -2.36. The van der Waals surface area contributed by atoms with Gasteiger partial charge in [0, 0.05) is 12.5 Å². The average Bonchev–Trinajstić information content (AvgIpc) is 3.02. The minimum atomic E-state index is -1.55. The molecule has 0 bridgehead atoms. The molecule has 0 radical (unpaired) electrons. The highest BCUT2D eigenvalue weighted by atomic mass is 19.1. The van der Waals surface area contributed by atoms with Crippen LogP contribution in [0.25, 0.3) is 0 Å². The zero-order chi connectivity index (χ0) is 23.1. The number of benzene rings is 1. The van der Waals surface area contributed by atoms with Crippen LogP contribution in [0.5, 0.6) is 5.75 Å². The van der Waals surface area contributed by atoms with Crippen molar-refractivity contribution < 1.29 is 23.5 Å². The number of urea groups is 1. The monoisotopic (exact) mass is 441 g/mol.